The quantitative estimate of drug-likeness (QED) is 0.349. The summed E-state index contributed by atoms with van der Waals surface area (Å²) >= 11 is 0. The van der Waals surface area contributed by atoms with Crippen LogP contribution in [0.3, 0.4) is 0 Å². The molecule has 0 fully saturated rings. The molecule has 0 saturated heterocycles. The zero-order chi connectivity index (χ0) is 21.5. The van der Waals surface area contributed by atoms with E-state index in [-0.39, 0.29) is 0 Å². The van der Waals surface area contributed by atoms with E-state index in [1.165, 1.54) is 24.3 Å². The average Bonchev–Trinajstić information content (AvgIpc) is 3.01. The summed E-state index contributed by atoms with van der Waals surface area (Å²) in [6, 6.07) is 12.7. The zero-order valence-electron chi connectivity index (χ0n) is 15.5. The molecule has 0 atom stereocenters. The Morgan fingerprint density at radius 3 is 2.30 bits per heavy atom. The van der Waals surface area contributed by atoms with Gasteiger partial charge >= 0.3 is 15.6 Å². The molecule has 0 bridgehead atoms. The van der Waals surface area contributed by atoms with Crippen molar-refractivity contribution in [1.29, 1.82) is 0 Å². The number of fused-ring (bicyclic) bond motifs is 1. The molecule has 10 heteroatoms. The van der Waals surface area contributed by atoms with Crippen LogP contribution in [0.4, 0.5) is 13.2 Å². The first kappa shape index (κ1) is 19.9. The SMILES string of the molecule is Cn1c(-c2cccnc2)c(-c2ccc(OS(=O)(=O)C(F)(F)F)cc2)c2ncccc21. The van der Waals surface area contributed by atoms with Crippen molar-refractivity contribution in [2.24, 2.45) is 7.05 Å². The third-order valence-electron chi connectivity index (χ3n) is 4.52. The maximum absolute atomic E-state index is 12.6. The maximum atomic E-state index is 12.6. The number of rotatable bonds is 4. The lowest BCUT2D eigenvalue weighted by Crippen LogP contribution is -2.28. The molecular weight excluding hydrogens is 419 g/mol. The number of pyridine rings is 2. The van der Waals surface area contributed by atoms with Crippen molar-refractivity contribution in [2.45, 2.75) is 5.51 Å². The normalized spacial score (nSPS) is 12.3. The van der Waals surface area contributed by atoms with Crippen LogP contribution in [0.15, 0.2) is 67.1 Å². The molecule has 30 heavy (non-hydrogen) atoms. The van der Waals surface area contributed by atoms with Crippen LogP contribution < -0.4 is 4.18 Å². The molecule has 0 spiro atoms. The Hall–Kier alpha value is -3.40. The summed E-state index contributed by atoms with van der Waals surface area (Å²) in [4.78, 5) is 8.62. The van der Waals surface area contributed by atoms with E-state index in [9.17, 15) is 21.6 Å². The van der Waals surface area contributed by atoms with Crippen LogP contribution in [-0.4, -0.2) is 28.5 Å². The largest absolute Gasteiger partial charge is 0.534 e. The number of aromatic nitrogens is 3. The molecule has 0 saturated carbocycles. The van der Waals surface area contributed by atoms with Gasteiger partial charge in [0.05, 0.1) is 16.7 Å². The molecule has 0 radical (unpaired) electrons. The molecule has 4 aromatic rings. The van der Waals surface area contributed by atoms with E-state index in [2.05, 4.69) is 14.2 Å². The Morgan fingerprint density at radius 2 is 1.67 bits per heavy atom. The second-order valence-corrected chi connectivity index (χ2v) is 7.94. The van der Waals surface area contributed by atoms with Crippen LogP contribution in [0.2, 0.25) is 0 Å². The highest BCUT2D eigenvalue weighted by Crippen LogP contribution is 2.39. The highest BCUT2D eigenvalue weighted by Gasteiger charge is 2.48. The van der Waals surface area contributed by atoms with E-state index in [4.69, 9.17) is 0 Å². The highest BCUT2D eigenvalue weighted by molar-refractivity contribution is 7.88. The number of hydrogen-bond donors (Lipinski definition) is 0. The van der Waals surface area contributed by atoms with E-state index in [0.717, 1.165) is 22.3 Å². The number of benzene rings is 1. The van der Waals surface area contributed by atoms with Crippen LogP contribution >= 0.6 is 0 Å². The molecule has 0 aliphatic carbocycles. The predicted molar refractivity (Wildman–Crippen MR) is 105 cm³/mol. The van der Waals surface area contributed by atoms with Gasteiger partial charge in [-0.3, -0.25) is 9.97 Å². The molecule has 1 aromatic carbocycles. The molecule has 6 nitrogen and oxygen atoms in total. The van der Waals surface area contributed by atoms with E-state index in [1.807, 2.05) is 23.7 Å². The Balaban J connectivity index is 1.84. The van der Waals surface area contributed by atoms with E-state index in [0.29, 0.717) is 11.1 Å². The molecule has 0 unspecified atom stereocenters. The zero-order valence-corrected chi connectivity index (χ0v) is 16.3. The number of halogens is 3. The minimum atomic E-state index is -5.73. The summed E-state index contributed by atoms with van der Waals surface area (Å²) in [7, 11) is -3.86. The molecule has 0 N–H and O–H groups in total. The Kier molecular flexibility index (Phi) is 4.73. The van der Waals surface area contributed by atoms with E-state index >= 15 is 0 Å². The van der Waals surface area contributed by atoms with Gasteiger partial charge in [-0.25, -0.2) is 0 Å². The first-order valence-electron chi connectivity index (χ1n) is 8.64. The minimum absolute atomic E-state index is 0.438. The van der Waals surface area contributed by atoms with Crippen LogP contribution in [0.25, 0.3) is 33.4 Å². The molecule has 3 heterocycles. The van der Waals surface area contributed by atoms with Gasteiger partial charge in [0.2, 0.25) is 0 Å². The topological polar surface area (TPSA) is 74.1 Å². The second kappa shape index (κ2) is 7.13. The van der Waals surface area contributed by atoms with Crippen LogP contribution in [0.1, 0.15) is 0 Å². The van der Waals surface area contributed by atoms with Gasteiger partial charge in [0.1, 0.15) is 5.75 Å². The monoisotopic (exact) mass is 433 g/mol. The highest BCUT2D eigenvalue weighted by atomic mass is 32.2. The summed E-state index contributed by atoms with van der Waals surface area (Å²) in [5.74, 6) is -0.438. The van der Waals surface area contributed by atoms with Crippen LogP contribution in [0.5, 0.6) is 5.75 Å². The summed E-state index contributed by atoms with van der Waals surface area (Å²) in [6.45, 7) is 0. The van der Waals surface area contributed by atoms with E-state index in [1.54, 1.807) is 30.7 Å². The lowest BCUT2D eigenvalue weighted by atomic mass is 10.0. The molecule has 154 valence electrons. The number of nitrogens with zero attached hydrogens (tertiary/aromatic N) is 3. The van der Waals surface area contributed by atoms with Crippen LogP contribution in [0, 0.1) is 0 Å². The maximum Gasteiger partial charge on any atom is 0.534 e. The summed E-state index contributed by atoms with van der Waals surface area (Å²) in [5, 5.41) is 0. The van der Waals surface area contributed by atoms with Gasteiger partial charge < -0.3 is 8.75 Å². The number of aryl methyl sites for hydroxylation is 1. The summed E-state index contributed by atoms with van der Waals surface area (Å²) < 4.78 is 66.2. The molecule has 4 rings (SSSR count). The van der Waals surface area contributed by atoms with Gasteiger partial charge in [-0.1, -0.05) is 12.1 Å². The van der Waals surface area contributed by atoms with Gasteiger partial charge in [-0.05, 0) is 42.0 Å². The predicted octanol–water partition coefficient (Wildman–Crippen LogP) is 4.53. The Labute approximate surface area is 169 Å². The van der Waals surface area contributed by atoms with Gasteiger partial charge in [0.15, 0.2) is 0 Å². The van der Waals surface area contributed by atoms with Crippen molar-refractivity contribution in [3.8, 4) is 28.1 Å². The van der Waals surface area contributed by atoms with Crippen molar-refractivity contribution >= 4 is 21.2 Å². The number of alkyl halides is 3. The van der Waals surface area contributed by atoms with Gasteiger partial charge in [0, 0.05) is 36.8 Å². The van der Waals surface area contributed by atoms with Crippen molar-refractivity contribution in [3.05, 3.63) is 67.1 Å². The molecule has 0 aliphatic heterocycles. The standard InChI is InChI=1S/C20H14F3N3O3S/c1-26-16-5-3-11-25-18(16)17(19(26)14-4-2-10-24-12-14)13-6-8-15(9-7-13)29-30(27,28)20(21,22)23/h2-12H,1H3. The van der Waals surface area contributed by atoms with E-state index < -0.39 is 21.4 Å². The second-order valence-electron chi connectivity index (χ2n) is 6.40. The van der Waals surface area contributed by atoms with Crippen molar-refractivity contribution in [1.82, 2.24) is 14.5 Å². The Morgan fingerprint density at radius 1 is 0.967 bits per heavy atom. The summed E-state index contributed by atoms with van der Waals surface area (Å²) in [5.41, 5.74) is -0.942. The summed E-state index contributed by atoms with van der Waals surface area (Å²) in [6.07, 6.45) is 4.99. The fourth-order valence-electron chi connectivity index (χ4n) is 3.23. The molecule has 0 aliphatic rings. The fourth-order valence-corrected chi connectivity index (χ4v) is 3.68. The first-order valence-corrected chi connectivity index (χ1v) is 10.0. The number of hydrogen-bond acceptors (Lipinski definition) is 5. The third kappa shape index (κ3) is 3.39. The first-order chi connectivity index (χ1) is 14.2. The Bertz CT molecular complexity index is 1320. The van der Waals surface area contributed by atoms with Gasteiger partial charge in [-0.15, -0.1) is 0 Å². The molecule has 3 aromatic heterocycles. The van der Waals surface area contributed by atoms with Crippen molar-refractivity contribution < 1.29 is 25.8 Å². The van der Waals surface area contributed by atoms with Crippen molar-refractivity contribution in [3.63, 3.8) is 0 Å². The minimum Gasteiger partial charge on any atom is -0.376 e. The smallest absolute Gasteiger partial charge is 0.376 e. The lowest BCUT2D eigenvalue weighted by molar-refractivity contribution is -0.0500. The van der Waals surface area contributed by atoms with Crippen LogP contribution in [-0.2, 0) is 17.2 Å². The lowest BCUT2D eigenvalue weighted by Gasteiger charge is -2.11. The average molecular weight is 433 g/mol. The molecular formula is C20H14F3N3O3S. The molecule has 0 amide bonds. The van der Waals surface area contributed by atoms with Crippen molar-refractivity contribution in [2.75, 3.05) is 0 Å². The third-order valence-corrected chi connectivity index (χ3v) is 5.50. The fraction of sp³-hybridized carbons (Fsp3) is 0.100. The van der Waals surface area contributed by atoms with Gasteiger partial charge in [0.25, 0.3) is 0 Å². The van der Waals surface area contributed by atoms with Gasteiger partial charge in [-0.2, -0.15) is 21.6 Å².